The molecule has 3 heteroatoms. The summed E-state index contributed by atoms with van der Waals surface area (Å²) in [5.74, 6) is 0.121. The molecule has 0 aromatic heterocycles. The van der Waals surface area contributed by atoms with E-state index in [2.05, 4.69) is 19.1 Å². The van der Waals surface area contributed by atoms with Crippen LogP contribution in [0.4, 0.5) is 0 Å². The number of hydrogen-bond donors (Lipinski definition) is 0. The highest BCUT2D eigenvalue weighted by Crippen LogP contribution is 2.59. The molecule has 0 radical (unpaired) electrons. The van der Waals surface area contributed by atoms with Crippen LogP contribution in [0.15, 0.2) is 54.6 Å². The molecule has 3 nitrogen and oxygen atoms in total. The third-order valence-corrected chi connectivity index (χ3v) is 6.42. The van der Waals surface area contributed by atoms with Crippen molar-refractivity contribution in [3.8, 4) is 11.1 Å². The molecule has 2 fully saturated rings. The summed E-state index contributed by atoms with van der Waals surface area (Å²) in [5, 5.41) is 0. The molecule has 1 spiro atoms. The van der Waals surface area contributed by atoms with Gasteiger partial charge < -0.3 is 9.64 Å². The van der Waals surface area contributed by atoms with Crippen LogP contribution >= 0.6 is 0 Å². The summed E-state index contributed by atoms with van der Waals surface area (Å²) in [5.41, 5.74) is 3.29. The van der Waals surface area contributed by atoms with Gasteiger partial charge in [0.2, 0.25) is 0 Å². The third-order valence-electron chi connectivity index (χ3n) is 6.42. The number of amides is 1. The molecule has 2 aromatic carbocycles. The molecule has 136 valence electrons. The molecule has 2 atom stereocenters. The van der Waals surface area contributed by atoms with E-state index in [0.29, 0.717) is 12.1 Å². The van der Waals surface area contributed by atoms with E-state index < -0.39 is 0 Å². The van der Waals surface area contributed by atoms with E-state index in [0.717, 1.165) is 24.2 Å². The van der Waals surface area contributed by atoms with Crippen molar-refractivity contribution < 1.29 is 9.53 Å². The Balaban J connectivity index is 1.48. The van der Waals surface area contributed by atoms with Gasteiger partial charge in [-0.15, -0.1) is 0 Å². The van der Waals surface area contributed by atoms with Gasteiger partial charge in [-0.2, -0.15) is 0 Å². The molecule has 2 unspecified atom stereocenters. The average molecular weight is 349 g/mol. The lowest BCUT2D eigenvalue weighted by molar-refractivity contribution is -0.192. The highest BCUT2D eigenvalue weighted by atomic mass is 16.5. The second-order valence-corrected chi connectivity index (χ2v) is 7.64. The number of rotatable bonds is 5. The summed E-state index contributed by atoms with van der Waals surface area (Å²) in [6.07, 6.45) is 4.94. The lowest BCUT2D eigenvalue weighted by atomic mass is 9.50. The summed E-state index contributed by atoms with van der Waals surface area (Å²) >= 11 is 0. The molecular weight excluding hydrogens is 322 g/mol. The minimum absolute atomic E-state index is 0.121. The zero-order chi connectivity index (χ0) is 18.1. The molecule has 2 aliphatic rings. The van der Waals surface area contributed by atoms with Crippen molar-refractivity contribution in [2.24, 2.45) is 5.41 Å². The highest BCUT2D eigenvalue weighted by molar-refractivity contribution is 5.95. The third kappa shape index (κ3) is 2.75. The number of nitrogens with zero attached hydrogens (tertiary/aromatic N) is 1. The Labute approximate surface area is 156 Å². The normalized spacial score (nSPS) is 23.2. The Bertz CT molecular complexity index is 765. The van der Waals surface area contributed by atoms with Crippen LogP contribution in [-0.4, -0.2) is 36.6 Å². The molecule has 26 heavy (non-hydrogen) atoms. The van der Waals surface area contributed by atoms with E-state index in [-0.39, 0.29) is 11.3 Å². The van der Waals surface area contributed by atoms with Crippen molar-refractivity contribution in [2.75, 3.05) is 13.7 Å². The van der Waals surface area contributed by atoms with Crippen molar-refractivity contribution >= 4 is 5.91 Å². The fraction of sp³-hybridized carbons (Fsp3) is 0.435. The summed E-state index contributed by atoms with van der Waals surface area (Å²) in [7, 11) is 1.96. The van der Waals surface area contributed by atoms with E-state index >= 15 is 0 Å². The SMILES string of the molecule is CCOC1CC(N(C)C(=O)c2ccc(-c3ccccc3)cc2)C12CCC2. The number of carbonyl (C=O) groups excluding carboxylic acids is 1. The van der Waals surface area contributed by atoms with Gasteiger partial charge in [-0.25, -0.2) is 0 Å². The Morgan fingerprint density at radius 3 is 2.31 bits per heavy atom. The molecule has 0 N–H and O–H groups in total. The maximum absolute atomic E-state index is 13.0. The average Bonchev–Trinajstić information content (AvgIpc) is 2.63. The molecular formula is C23H27NO2. The zero-order valence-corrected chi connectivity index (χ0v) is 15.7. The van der Waals surface area contributed by atoms with Gasteiger partial charge in [-0.3, -0.25) is 4.79 Å². The molecule has 0 heterocycles. The van der Waals surface area contributed by atoms with Gasteiger partial charge in [-0.1, -0.05) is 48.9 Å². The summed E-state index contributed by atoms with van der Waals surface area (Å²) in [6.45, 7) is 2.82. The molecule has 2 saturated carbocycles. The first kappa shape index (κ1) is 17.3. The van der Waals surface area contributed by atoms with Crippen LogP contribution < -0.4 is 0 Å². The van der Waals surface area contributed by atoms with Crippen LogP contribution in [0, 0.1) is 5.41 Å². The monoisotopic (exact) mass is 349 g/mol. The molecule has 0 aliphatic heterocycles. The van der Waals surface area contributed by atoms with Crippen molar-refractivity contribution in [3.05, 3.63) is 60.2 Å². The quantitative estimate of drug-likeness (QED) is 0.778. The minimum Gasteiger partial charge on any atom is -0.378 e. The van der Waals surface area contributed by atoms with Gasteiger partial charge in [0, 0.05) is 30.7 Å². The lowest BCUT2D eigenvalue weighted by Crippen LogP contribution is -2.67. The number of benzene rings is 2. The molecule has 0 bridgehead atoms. The summed E-state index contributed by atoms with van der Waals surface area (Å²) in [6, 6.07) is 18.6. The number of hydrogen-bond acceptors (Lipinski definition) is 2. The van der Waals surface area contributed by atoms with E-state index in [4.69, 9.17) is 4.74 Å². The first-order chi connectivity index (χ1) is 12.7. The maximum atomic E-state index is 13.0. The van der Waals surface area contributed by atoms with E-state index in [1.54, 1.807) is 0 Å². The van der Waals surface area contributed by atoms with Crippen molar-refractivity contribution in [1.82, 2.24) is 4.90 Å². The molecule has 0 saturated heterocycles. The van der Waals surface area contributed by atoms with E-state index in [9.17, 15) is 4.79 Å². The van der Waals surface area contributed by atoms with E-state index in [1.165, 1.54) is 24.8 Å². The van der Waals surface area contributed by atoms with Gasteiger partial charge in [0.15, 0.2) is 0 Å². The van der Waals surface area contributed by atoms with Gasteiger partial charge in [-0.05, 0) is 49.4 Å². The first-order valence-electron chi connectivity index (χ1n) is 9.70. The second-order valence-electron chi connectivity index (χ2n) is 7.64. The molecule has 2 aliphatic carbocycles. The minimum atomic E-state index is 0.121. The Morgan fingerprint density at radius 2 is 1.73 bits per heavy atom. The highest BCUT2D eigenvalue weighted by Gasteiger charge is 2.60. The fourth-order valence-electron chi connectivity index (χ4n) is 4.73. The Morgan fingerprint density at radius 1 is 1.08 bits per heavy atom. The van der Waals surface area contributed by atoms with Crippen LogP contribution in [0.1, 0.15) is 43.0 Å². The maximum Gasteiger partial charge on any atom is 0.253 e. The predicted molar refractivity (Wildman–Crippen MR) is 104 cm³/mol. The van der Waals surface area contributed by atoms with Crippen LogP contribution in [0.5, 0.6) is 0 Å². The van der Waals surface area contributed by atoms with Gasteiger partial charge in [0.25, 0.3) is 5.91 Å². The fourth-order valence-corrected chi connectivity index (χ4v) is 4.73. The molecule has 1 amide bonds. The first-order valence-corrected chi connectivity index (χ1v) is 9.70. The number of ether oxygens (including phenoxy) is 1. The van der Waals surface area contributed by atoms with Crippen LogP contribution in [-0.2, 0) is 4.74 Å². The second kappa shape index (κ2) is 6.88. The summed E-state index contributed by atoms with van der Waals surface area (Å²) in [4.78, 5) is 15.0. The van der Waals surface area contributed by atoms with Gasteiger partial charge >= 0.3 is 0 Å². The van der Waals surface area contributed by atoms with Crippen molar-refractivity contribution in [3.63, 3.8) is 0 Å². The Kier molecular flexibility index (Phi) is 4.58. The standard InChI is InChI=1S/C23H27NO2/c1-3-26-21-16-20(23(21)14-7-15-23)24(2)22(25)19-12-10-18(11-13-19)17-8-5-4-6-9-17/h4-6,8-13,20-21H,3,7,14-16H2,1-2H3. The van der Waals surface area contributed by atoms with Crippen LogP contribution in [0.2, 0.25) is 0 Å². The van der Waals surface area contributed by atoms with E-state index in [1.807, 2.05) is 54.4 Å². The van der Waals surface area contributed by atoms with Gasteiger partial charge in [0.05, 0.1) is 6.10 Å². The van der Waals surface area contributed by atoms with Gasteiger partial charge in [0.1, 0.15) is 0 Å². The number of carbonyl (C=O) groups is 1. The topological polar surface area (TPSA) is 29.5 Å². The zero-order valence-electron chi connectivity index (χ0n) is 15.7. The van der Waals surface area contributed by atoms with Crippen molar-refractivity contribution in [2.45, 2.75) is 44.8 Å². The lowest BCUT2D eigenvalue weighted by Gasteiger charge is -2.63. The predicted octanol–water partition coefficient (Wildman–Crippen LogP) is 4.77. The van der Waals surface area contributed by atoms with Crippen molar-refractivity contribution in [1.29, 1.82) is 0 Å². The molecule has 4 rings (SSSR count). The summed E-state index contributed by atoms with van der Waals surface area (Å²) < 4.78 is 5.93. The largest absolute Gasteiger partial charge is 0.378 e. The van der Waals surface area contributed by atoms with Crippen LogP contribution in [0.3, 0.4) is 0 Å². The Hall–Kier alpha value is -2.13. The molecule has 2 aromatic rings. The van der Waals surface area contributed by atoms with Crippen LogP contribution in [0.25, 0.3) is 11.1 Å². The smallest absolute Gasteiger partial charge is 0.253 e.